The van der Waals surface area contributed by atoms with Crippen molar-refractivity contribution < 1.29 is 19.4 Å². The van der Waals surface area contributed by atoms with Gasteiger partial charge in [0.05, 0.1) is 27.2 Å². The first-order chi connectivity index (χ1) is 17.3. The van der Waals surface area contributed by atoms with E-state index in [0.29, 0.717) is 17.8 Å². The molecule has 0 aliphatic carbocycles. The smallest absolute Gasteiger partial charge is 0.277 e. The molecule has 1 N–H and O–H groups in total. The summed E-state index contributed by atoms with van der Waals surface area (Å²) >= 11 is 0. The van der Waals surface area contributed by atoms with Gasteiger partial charge in [0.25, 0.3) is 23.2 Å². The molecule has 0 heterocycles. The minimum atomic E-state index is -0.806. The molecular weight excluding hydrogens is 464 g/mol. The van der Waals surface area contributed by atoms with E-state index in [1.165, 1.54) is 12.1 Å². The molecule has 0 aromatic heterocycles. The molecule has 10 nitrogen and oxygen atoms in total. The normalized spacial score (nSPS) is 10.6. The Kier molecular flexibility index (Phi) is 6.68. The molecule has 0 unspecified atom stereocenters. The molecule has 0 fully saturated rings. The number of carbonyl (C=O) groups excluding carboxylic acids is 2. The molecule has 10 heteroatoms. The lowest BCUT2D eigenvalue weighted by Crippen LogP contribution is -2.30. The van der Waals surface area contributed by atoms with E-state index in [2.05, 4.69) is 5.32 Å². The summed E-state index contributed by atoms with van der Waals surface area (Å²) in [6.45, 7) is 2.32. The fourth-order valence-electron chi connectivity index (χ4n) is 3.86. The average Bonchev–Trinajstić information content (AvgIpc) is 2.89. The summed E-state index contributed by atoms with van der Waals surface area (Å²) in [5.41, 5.74) is 0.133. The van der Waals surface area contributed by atoms with Gasteiger partial charge >= 0.3 is 0 Å². The molecule has 0 bridgehead atoms. The van der Waals surface area contributed by atoms with Gasteiger partial charge in [-0.3, -0.25) is 29.8 Å². The predicted octanol–water partition coefficient (Wildman–Crippen LogP) is 5.58. The number of nitrogens with one attached hydrogen (secondary N) is 1. The first-order valence-electron chi connectivity index (χ1n) is 10.9. The highest BCUT2D eigenvalue weighted by Gasteiger charge is 2.21. The van der Waals surface area contributed by atoms with Gasteiger partial charge in [-0.25, -0.2) is 0 Å². The molecule has 36 heavy (non-hydrogen) atoms. The van der Waals surface area contributed by atoms with Gasteiger partial charge in [-0.15, -0.1) is 0 Å². The minimum absolute atomic E-state index is 0.221. The van der Waals surface area contributed by atoms with Crippen molar-refractivity contribution in [2.24, 2.45) is 0 Å². The second kappa shape index (κ2) is 10.0. The molecule has 0 aliphatic heterocycles. The summed E-state index contributed by atoms with van der Waals surface area (Å²) in [7, 11) is 0. The van der Waals surface area contributed by atoms with Gasteiger partial charge in [0, 0.05) is 35.3 Å². The molecule has 4 aromatic rings. The number of non-ortho nitro benzene ring substituents is 2. The maximum Gasteiger partial charge on any atom is 0.277 e. The van der Waals surface area contributed by atoms with E-state index in [0.717, 1.165) is 34.7 Å². The highest BCUT2D eigenvalue weighted by molar-refractivity contribution is 6.11. The number of hydrogen-bond donors (Lipinski definition) is 1. The zero-order valence-corrected chi connectivity index (χ0v) is 19.1. The van der Waals surface area contributed by atoms with Gasteiger partial charge in [0.15, 0.2) is 0 Å². The molecule has 180 valence electrons. The van der Waals surface area contributed by atoms with E-state index in [1.54, 1.807) is 17.0 Å². The van der Waals surface area contributed by atoms with Crippen LogP contribution in [0, 0.1) is 20.2 Å². The zero-order chi connectivity index (χ0) is 25.8. The van der Waals surface area contributed by atoms with Crippen molar-refractivity contribution in [3.05, 3.63) is 116 Å². The number of fused-ring (bicyclic) bond motifs is 1. The molecular formula is C26H20N4O6. The number of nitrogens with zero attached hydrogens (tertiary/aromatic N) is 3. The molecule has 0 saturated carbocycles. The summed E-state index contributed by atoms with van der Waals surface area (Å²) in [5.74, 6) is -0.979. The standard InChI is InChI=1S/C26H20N4O6/c1-2-28(24-9-5-7-17-6-3-4-8-23(17)24)26(32)18-10-12-20(13-11-18)27-25(31)19-14-21(29(33)34)16-22(15-19)30(35)36/h3-16H,2H2,1H3,(H,27,31). The largest absolute Gasteiger partial charge is 0.322 e. The summed E-state index contributed by atoms with van der Waals surface area (Å²) in [6.07, 6.45) is 0. The highest BCUT2D eigenvalue weighted by Crippen LogP contribution is 2.28. The van der Waals surface area contributed by atoms with Crippen molar-refractivity contribution in [2.45, 2.75) is 6.92 Å². The fraction of sp³-hybridized carbons (Fsp3) is 0.0769. The van der Waals surface area contributed by atoms with Crippen molar-refractivity contribution in [1.82, 2.24) is 0 Å². The quantitative estimate of drug-likeness (QED) is 0.269. The molecule has 4 aromatic carbocycles. The van der Waals surface area contributed by atoms with Crippen LogP contribution in [0.2, 0.25) is 0 Å². The van der Waals surface area contributed by atoms with E-state index in [1.807, 2.05) is 49.4 Å². The van der Waals surface area contributed by atoms with Crippen molar-refractivity contribution >= 4 is 45.3 Å². The Morgan fingerprint density at radius 1 is 0.806 bits per heavy atom. The van der Waals surface area contributed by atoms with Crippen LogP contribution >= 0.6 is 0 Å². The molecule has 0 radical (unpaired) electrons. The Balaban J connectivity index is 1.56. The van der Waals surface area contributed by atoms with Crippen LogP contribution in [0.4, 0.5) is 22.7 Å². The van der Waals surface area contributed by atoms with Crippen LogP contribution in [-0.2, 0) is 0 Å². The highest BCUT2D eigenvalue weighted by atomic mass is 16.6. The summed E-state index contributed by atoms with van der Waals surface area (Å²) < 4.78 is 0. The Morgan fingerprint density at radius 3 is 2.03 bits per heavy atom. The van der Waals surface area contributed by atoms with Crippen LogP contribution in [0.1, 0.15) is 27.6 Å². The van der Waals surface area contributed by atoms with Crippen molar-refractivity contribution in [2.75, 3.05) is 16.8 Å². The Bertz CT molecular complexity index is 1460. The molecule has 2 amide bonds. The van der Waals surface area contributed by atoms with E-state index < -0.39 is 27.1 Å². The Labute approximate surface area is 205 Å². The number of nitro benzene ring substituents is 2. The number of nitro groups is 2. The van der Waals surface area contributed by atoms with Gasteiger partial charge in [-0.1, -0.05) is 36.4 Å². The number of amides is 2. The van der Waals surface area contributed by atoms with E-state index in [-0.39, 0.29) is 11.5 Å². The molecule has 0 atom stereocenters. The molecule has 0 saturated heterocycles. The topological polar surface area (TPSA) is 136 Å². The first-order valence-corrected chi connectivity index (χ1v) is 10.9. The van der Waals surface area contributed by atoms with Gasteiger partial charge in [-0.2, -0.15) is 0 Å². The summed E-state index contributed by atoms with van der Waals surface area (Å²) in [5, 5.41) is 26.7. The zero-order valence-electron chi connectivity index (χ0n) is 19.1. The number of benzene rings is 4. The summed E-state index contributed by atoms with van der Waals surface area (Å²) in [4.78, 5) is 48.1. The first kappa shape index (κ1) is 24.0. The third-order valence-electron chi connectivity index (χ3n) is 5.59. The third kappa shape index (κ3) is 4.87. The summed E-state index contributed by atoms with van der Waals surface area (Å²) in [6, 6.07) is 22.4. The van der Waals surface area contributed by atoms with Gasteiger partial charge in [0.2, 0.25) is 0 Å². The molecule has 0 spiro atoms. The monoisotopic (exact) mass is 484 g/mol. The third-order valence-corrected chi connectivity index (χ3v) is 5.59. The second-order valence-corrected chi connectivity index (χ2v) is 7.83. The maximum atomic E-state index is 13.3. The van der Waals surface area contributed by atoms with Gasteiger partial charge in [-0.05, 0) is 42.6 Å². The van der Waals surface area contributed by atoms with Crippen LogP contribution in [0.15, 0.2) is 84.9 Å². The van der Waals surface area contributed by atoms with Crippen LogP contribution in [0.25, 0.3) is 10.8 Å². The van der Waals surface area contributed by atoms with Crippen molar-refractivity contribution in [1.29, 1.82) is 0 Å². The molecule has 4 rings (SSSR count). The fourth-order valence-corrected chi connectivity index (χ4v) is 3.86. The van der Waals surface area contributed by atoms with E-state index >= 15 is 0 Å². The lowest BCUT2D eigenvalue weighted by molar-refractivity contribution is -0.394. The Morgan fingerprint density at radius 2 is 1.42 bits per heavy atom. The number of hydrogen-bond acceptors (Lipinski definition) is 6. The SMILES string of the molecule is CCN(C(=O)c1ccc(NC(=O)c2cc([N+](=O)[O-])cc([N+](=O)[O-])c2)cc1)c1cccc2ccccc12. The average molecular weight is 484 g/mol. The maximum absolute atomic E-state index is 13.3. The van der Waals surface area contributed by atoms with Crippen molar-refractivity contribution in [3.63, 3.8) is 0 Å². The number of anilines is 2. The predicted molar refractivity (Wildman–Crippen MR) is 135 cm³/mol. The lowest BCUT2D eigenvalue weighted by Gasteiger charge is -2.23. The number of rotatable bonds is 7. The van der Waals surface area contributed by atoms with Crippen molar-refractivity contribution in [3.8, 4) is 0 Å². The van der Waals surface area contributed by atoms with E-state index in [4.69, 9.17) is 0 Å². The van der Waals surface area contributed by atoms with Gasteiger partial charge in [0.1, 0.15) is 0 Å². The van der Waals surface area contributed by atoms with Crippen LogP contribution in [0.3, 0.4) is 0 Å². The minimum Gasteiger partial charge on any atom is -0.322 e. The van der Waals surface area contributed by atoms with Crippen LogP contribution < -0.4 is 10.2 Å². The molecule has 0 aliphatic rings. The lowest BCUT2D eigenvalue weighted by atomic mass is 10.1. The van der Waals surface area contributed by atoms with E-state index in [9.17, 15) is 29.8 Å². The second-order valence-electron chi connectivity index (χ2n) is 7.83. The van der Waals surface area contributed by atoms with Crippen LogP contribution in [0.5, 0.6) is 0 Å². The number of carbonyl (C=O) groups is 2. The Hall–Kier alpha value is -5.12. The van der Waals surface area contributed by atoms with Gasteiger partial charge < -0.3 is 10.2 Å². The van der Waals surface area contributed by atoms with Crippen LogP contribution in [-0.4, -0.2) is 28.2 Å².